The molecule has 1 aromatic carbocycles. The number of carbonyl (C=O) groups excluding carboxylic acids is 1. The second kappa shape index (κ2) is 5.85. The fourth-order valence-corrected chi connectivity index (χ4v) is 2.04. The summed E-state index contributed by atoms with van der Waals surface area (Å²) in [5.74, 6) is 0.273. The third-order valence-electron chi connectivity index (χ3n) is 3.46. The minimum atomic E-state index is 0.273. The maximum absolute atomic E-state index is 10.9. The van der Waals surface area contributed by atoms with Crippen molar-refractivity contribution < 1.29 is 4.79 Å². The Morgan fingerprint density at radius 3 is 2.41 bits per heavy atom. The standard InChI is InChI=1S/C15H23NO/c1-11-8-9-15(14(4)13(11)3)16(5)10-6-7-12(2)17/h8-9H,6-7,10H2,1-5H3. The molecule has 0 bridgehead atoms. The zero-order valence-corrected chi connectivity index (χ0v) is 11.6. The molecule has 94 valence electrons. The van der Waals surface area contributed by atoms with Crippen molar-refractivity contribution in [2.45, 2.75) is 40.5 Å². The average molecular weight is 233 g/mol. The Bertz CT molecular complexity index is 410. The Kier molecular flexibility index (Phi) is 4.73. The number of Topliss-reactive ketones (excluding diaryl/α,β-unsaturated/α-hetero) is 1. The zero-order valence-electron chi connectivity index (χ0n) is 11.6. The van der Waals surface area contributed by atoms with E-state index in [4.69, 9.17) is 0 Å². The van der Waals surface area contributed by atoms with E-state index in [1.807, 2.05) is 0 Å². The largest absolute Gasteiger partial charge is 0.374 e. The monoisotopic (exact) mass is 233 g/mol. The van der Waals surface area contributed by atoms with Crippen molar-refractivity contribution in [2.75, 3.05) is 18.5 Å². The molecule has 1 aromatic rings. The normalized spacial score (nSPS) is 10.4. The van der Waals surface area contributed by atoms with E-state index < -0.39 is 0 Å². The summed E-state index contributed by atoms with van der Waals surface area (Å²) in [7, 11) is 2.09. The van der Waals surface area contributed by atoms with Gasteiger partial charge < -0.3 is 9.69 Å². The van der Waals surface area contributed by atoms with Crippen LogP contribution in [0, 0.1) is 20.8 Å². The van der Waals surface area contributed by atoms with Gasteiger partial charge in [0.2, 0.25) is 0 Å². The molecule has 0 heterocycles. The number of nitrogens with zero attached hydrogens (tertiary/aromatic N) is 1. The summed E-state index contributed by atoms with van der Waals surface area (Å²) in [4.78, 5) is 13.1. The zero-order chi connectivity index (χ0) is 13.0. The molecule has 0 aliphatic rings. The number of carbonyl (C=O) groups is 1. The maximum atomic E-state index is 10.9. The van der Waals surface area contributed by atoms with Gasteiger partial charge in [-0.2, -0.15) is 0 Å². The lowest BCUT2D eigenvalue weighted by Gasteiger charge is -2.23. The van der Waals surface area contributed by atoms with Gasteiger partial charge in [0.15, 0.2) is 0 Å². The molecule has 0 spiro atoms. The molecule has 0 aliphatic heterocycles. The van der Waals surface area contributed by atoms with E-state index in [1.165, 1.54) is 22.4 Å². The maximum Gasteiger partial charge on any atom is 0.129 e. The fraction of sp³-hybridized carbons (Fsp3) is 0.533. The number of benzene rings is 1. The van der Waals surface area contributed by atoms with Gasteiger partial charge in [-0.15, -0.1) is 0 Å². The van der Waals surface area contributed by atoms with Gasteiger partial charge >= 0.3 is 0 Å². The van der Waals surface area contributed by atoms with E-state index in [2.05, 4.69) is 44.9 Å². The van der Waals surface area contributed by atoms with Crippen molar-refractivity contribution in [2.24, 2.45) is 0 Å². The van der Waals surface area contributed by atoms with Gasteiger partial charge in [-0.3, -0.25) is 0 Å². The predicted molar refractivity (Wildman–Crippen MR) is 73.8 cm³/mol. The molecule has 0 radical (unpaired) electrons. The van der Waals surface area contributed by atoms with Crippen LogP contribution in [0.4, 0.5) is 5.69 Å². The van der Waals surface area contributed by atoms with Gasteiger partial charge in [-0.25, -0.2) is 0 Å². The van der Waals surface area contributed by atoms with Crippen LogP contribution in [0.5, 0.6) is 0 Å². The van der Waals surface area contributed by atoms with Crippen molar-refractivity contribution >= 4 is 11.5 Å². The lowest BCUT2D eigenvalue weighted by atomic mass is 10.0. The summed E-state index contributed by atoms with van der Waals surface area (Å²) >= 11 is 0. The van der Waals surface area contributed by atoms with Gasteiger partial charge in [0.05, 0.1) is 0 Å². The summed E-state index contributed by atoms with van der Waals surface area (Å²) < 4.78 is 0. The Balaban J connectivity index is 2.72. The van der Waals surface area contributed by atoms with Gasteiger partial charge in [0, 0.05) is 25.7 Å². The molecule has 1 rings (SSSR count). The Hall–Kier alpha value is -1.31. The number of anilines is 1. The molecule has 2 heteroatoms. The van der Waals surface area contributed by atoms with Gasteiger partial charge in [0.1, 0.15) is 5.78 Å². The highest BCUT2D eigenvalue weighted by Crippen LogP contribution is 2.24. The van der Waals surface area contributed by atoms with E-state index in [9.17, 15) is 4.79 Å². The van der Waals surface area contributed by atoms with Gasteiger partial charge in [-0.1, -0.05) is 6.07 Å². The highest BCUT2D eigenvalue weighted by Gasteiger charge is 2.08. The highest BCUT2D eigenvalue weighted by atomic mass is 16.1. The predicted octanol–water partition coefficient (Wildman–Crippen LogP) is 3.42. The summed E-state index contributed by atoms with van der Waals surface area (Å²) in [5.41, 5.74) is 5.32. The first-order chi connectivity index (χ1) is 7.93. The molecule has 0 fully saturated rings. The fourth-order valence-electron chi connectivity index (χ4n) is 2.04. The summed E-state index contributed by atoms with van der Waals surface area (Å²) in [6.07, 6.45) is 1.60. The molecule has 17 heavy (non-hydrogen) atoms. The van der Waals surface area contributed by atoms with Crippen LogP contribution in [-0.2, 0) is 4.79 Å². The SMILES string of the molecule is CC(=O)CCCN(C)c1ccc(C)c(C)c1C. The van der Waals surface area contributed by atoms with E-state index in [0.717, 1.165) is 13.0 Å². The molecular formula is C15H23NO. The Morgan fingerprint density at radius 1 is 1.18 bits per heavy atom. The van der Waals surface area contributed by atoms with Gasteiger partial charge in [-0.05, 0) is 56.9 Å². The van der Waals surface area contributed by atoms with E-state index in [-0.39, 0.29) is 5.78 Å². The summed E-state index contributed by atoms with van der Waals surface area (Å²) in [5, 5.41) is 0. The van der Waals surface area contributed by atoms with Crippen LogP contribution in [-0.4, -0.2) is 19.4 Å². The second-order valence-corrected chi connectivity index (χ2v) is 4.88. The van der Waals surface area contributed by atoms with Crippen LogP contribution < -0.4 is 4.90 Å². The molecule has 0 amide bonds. The first kappa shape index (κ1) is 13.8. The number of rotatable bonds is 5. The third-order valence-corrected chi connectivity index (χ3v) is 3.46. The summed E-state index contributed by atoms with van der Waals surface area (Å²) in [6.45, 7) is 9.06. The smallest absolute Gasteiger partial charge is 0.129 e. The first-order valence-corrected chi connectivity index (χ1v) is 6.21. The van der Waals surface area contributed by atoms with Crippen LogP contribution in [0.1, 0.15) is 36.5 Å². The quantitative estimate of drug-likeness (QED) is 0.776. The average Bonchev–Trinajstić information content (AvgIpc) is 2.25. The number of hydrogen-bond donors (Lipinski definition) is 0. The van der Waals surface area contributed by atoms with Gasteiger partial charge in [0.25, 0.3) is 0 Å². The van der Waals surface area contributed by atoms with Crippen molar-refractivity contribution in [3.8, 4) is 0 Å². The second-order valence-electron chi connectivity index (χ2n) is 4.88. The van der Waals surface area contributed by atoms with Crippen LogP contribution in [0.25, 0.3) is 0 Å². The molecule has 0 aromatic heterocycles. The van der Waals surface area contributed by atoms with Crippen molar-refractivity contribution in [1.29, 1.82) is 0 Å². The minimum Gasteiger partial charge on any atom is -0.374 e. The molecule has 0 aliphatic carbocycles. The highest BCUT2D eigenvalue weighted by molar-refractivity contribution is 5.75. The van der Waals surface area contributed by atoms with Crippen molar-refractivity contribution in [1.82, 2.24) is 0 Å². The third kappa shape index (κ3) is 3.58. The topological polar surface area (TPSA) is 20.3 Å². The van der Waals surface area contributed by atoms with Crippen LogP contribution in [0.15, 0.2) is 12.1 Å². The minimum absolute atomic E-state index is 0.273. The van der Waals surface area contributed by atoms with Crippen molar-refractivity contribution in [3.63, 3.8) is 0 Å². The lowest BCUT2D eigenvalue weighted by molar-refractivity contribution is -0.117. The molecule has 0 saturated carbocycles. The summed E-state index contributed by atoms with van der Waals surface area (Å²) in [6, 6.07) is 4.34. The van der Waals surface area contributed by atoms with E-state index >= 15 is 0 Å². The Morgan fingerprint density at radius 2 is 1.82 bits per heavy atom. The molecule has 0 atom stereocenters. The number of aryl methyl sites for hydroxylation is 1. The molecule has 2 nitrogen and oxygen atoms in total. The van der Waals surface area contributed by atoms with Crippen LogP contribution in [0.2, 0.25) is 0 Å². The lowest BCUT2D eigenvalue weighted by Crippen LogP contribution is -2.20. The molecule has 0 N–H and O–H groups in total. The van der Waals surface area contributed by atoms with E-state index in [0.29, 0.717) is 6.42 Å². The van der Waals surface area contributed by atoms with Crippen LogP contribution >= 0.6 is 0 Å². The number of hydrogen-bond acceptors (Lipinski definition) is 2. The molecule has 0 unspecified atom stereocenters. The van der Waals surface area contributed by atoms with E-state index in [1.54, 1.807) is 6.92 Å². The van der Waals surface area contributed by atoms with Crippen LogP contribution in [0.3, 0.4) is 0 Å². The first-order valence-electron chi connectivity index (χ1n) is 6.21. The molecular weight excluding hydrogens is 210 g/mol. The molecule has 0 saturated heterocycles. The number of ketones is 1. The Labute approximate surface area is 105 Å². The van der Waals surface area contributed by atoms with Crippen molar-refractivity contribution in [3.05, 3.63) is 28.8 Å².